The number of nitrogens with one attached hydrogen (secondary N) is 1. The summed E-state index contributed by atoms with van der Waals surface area (Å²) in [6.07, 6.45) is 3.36. The van der Waals surface area contributed by atoms with Gasteiger partial charge in [-0.15, -0.1) is 0 Å². The lowest BCUT2D eigenvalue weighted by Gasteiger charge is -2.09. The van der Waals surface area contributed by atoms with E-state index in [4.69, 9.17) is 5.11 Å². The molecule has 0 aliphatic carbocycles. The molecule has 0 bridgehead atoms. The molecule has 0 aromatic heterocycles. The van der Waals surface area contributed by atoms with Crippen molar-refractivity contribution in [2.24, 2.45) is 0 Å². The zero-order valence-corrected chi connectivity index (χ0v) is 10.9. The molecule has 0 radical (unpaired) electrons. The van der Waals surface area contributed by atoms with Crippen molar-refractivity contribution in [1.29, 1.82) is 0 Å². The molecule has 1 aromatic rings. The highest BCUT2D eigenvalue weighted by molar-refractivity contribution is 7.99. The first-order valence-electron chi connectivity index (χ1n) is 5.68. The predicted octanol–water partition coefficient (Wildman–Crippen LogP) is 2.41. The average molecular weight is 239 g/mol. The van der Waals surface area contributed by atoms with Gasteiger partial charge in [0, 0.05) is 11.8 Å². The highest BCUT2D eigenvalue weighted by Crippen LogP contribution is 2.08. The van der Waals surface area contributed by atoms with Crippen molar-refractivity contribution >= 4 is 11.8 Å². The van der Waals surface area contributed by atoms with Crippen LogP contribution in [0.25, 0.3) is 0 Å². The second-order valence-corrected chi connectivity index (χ2v) is 5.26. The van der Waals surface area contributed by atoms with Crippen molar-refractivity contribution in [3.05, 3.63) is 35.4 Å². The second kappa shape index (κ2) is 7.71. The Hall–Kier alpha value is -0.510. The molecule has 0 spiro atoms. The highest BCUT2D eigenvalue weighted by Gasteiger charge is 1.98. The van der Waals surface area contributed by atoms with Crippen LogP contribution in [0.4, 0.5) is 0 Å². The fourth-order valence-corrected chi connectivity index (χ4v) is 1.77. The third-order valence-electron chi connectivity index (χ3n) is 2.66. The molecule has 2 N–H and O–H groups in total. The molecule has 0 heterocycles. The predicted molar refractivity (Wildman–Crippen MR) is 71.7 cm³/mol. The smallest absolute Gasteiger partial charge is 0.0681 e. The van der Waals surface area contributed by atoms with E-state index in [1.54, 1.807) is 0 Å². The highest BCUT2D eigenvalue weighted by atomic mass is 32.2. The van der Waals surface area contributed by atoms with Gasteiger partial charge in [-0.25, -0.2) is 0 Å². The summed E-state index contributed by atoms with van der Waals surface area (Å²) in [5.41, 5.74) is 2.24. The summed E-state index contributed by atoms with van der Waals surface area (Å²) in [6.45, 7) is 4.35. The third kappa shape index (κ3) is 5.01. The fraction of sp³-hybridized carbons (Fsp3) is 0.538. The number of hydrogen-bond acceptors (Lipinski definition) is 3. The quantitative estimate of drug-likeness (QED) is 0.717. The maximum atomic E-state index is 8.91. The van der Waals surface area contributed by atoms with Crippen LogP contribution >= 0.6 is 11.8 Å². The summed E-state index contributed by atoms with van der Waals surface area (Å²) in [4.78, 5) is 0. The third-order valence-corrected chi connectivity index (χ3v) is 3.71. The van der Waals surface area contributed by atoms with E-state index >= 15 is 0 Å². The van der Waals surface area contributed by atoms with Crippen LogP contribution in [-0.2, 0) is 13.2 Å². The van der Waals surface area contributed by atoms with Crippen molar-refractivity contribution in [2.45, 2.75) is 31.7 Å². The molecule has 1 unspecified atom stereocenters. The van der Waals surface area contributed by atoms with E-state index in [9.17, 15) is 0 Å². The summed E-state index contributed by atoms with van der Waals surface area (Å²) in [5, 5.41) is 13.1. The molecule has 0 amide bonds. The van der Waals surface area contributed by atoms with Gasteiger partial charge >= 0.3 is 0 Å². The van der Waals surface area contributed by atoms with Gasteiger partial charge in [0.1, 0.15) is 0 Å². The second-order valence-electron chi connectivity index (χ2n) is 3.99. The molecule has 1 rings (SSSR count). The molecule has 0 saturated heterocycles. The number of aliphatic hydroxyl groups is 1. The van der Waals surface area contributed by atoms with Crippen LogP contribution in [0.1, 0.15) is 24.5 Å². The summed E-state index contributed by atoms with van der Waals surface area (Å²) >= 11 is 1.91. The molecule has 1 aromatic carbocycles. The Bertz CT molecular complexity index is 286. The van der Waals surface area contributed by atoms with Crippen molar-refractivity contribution < 1.29 is 5.11 Å². The van der Waals surface area contributed by atoms with Gasteiger partial charge in [-0.1, -0.05) is 31.2 Å². The standard InChI is InChI=1S/C13H21NOS/c1-11(16-2)7-8-14-9-12-3-5-13(10-15)6-4-12/h3-6,11,14-15H,7-10H2,1-2H3. The van der Waals surface area contributed by atoms with Gasteiger partial charge < -0.3 is 10.4 Å². The number of rotatable bonds is 7. The molecule has 90 valence electrons. The van der Waals surface area contributed by atoms with Crippen LogP contribution in [0.15, 0.2) is 24.3 Å². The Kier molecular flexibility index (Phi) is 6.53. The van der Waals surface area contributed by atoms with Crippen molar-refractivity contribution in [2.75, 3.05) is 12.8 Å². The minimum absolute atomic E-state index is 0.124. The molecule has 16 heavy (non-hydrogen) atoms. The Labute approximate surface area is 102 Å². The van der Waals surface area contributed by atoms with Gasteiger partial charge in [0.25, 0.3) is 0 Å². The lowest BCUT2D eigenvalue weighted by Crippen LogP contribution is -2.17. The number of thioether (sulfide) groups is 1. The molecule has 1 atom stereocenters. The van der Waals surface area contributed by atoms with Crippen LogP contribution in [0.5, 0.6) is 0 Å². The van der Waals surface area contributed by atoms with Crippen LogP contribution < -0.4 is 5.32 Å². The van der Waals surface area contributed by atoms with E-state index in [0.29, 0.717) is 0 Å². The van der Waals surface area contributed by atoms with Crippen LogP contribution in [0.2, 0.25) is 0 Å². The van der Waals surface area contributed by atoms with Gasteiger partial charge in [0.05, 0.1) is 6.61 Å². The van der Waals surface area contributed by atoms with Gasteiger partial charge in [0.2, 0.25) is 0 Å². The lowest BCUT2D eigenvalue weighted by molar-refractivity contribution is 0.282. The van der Waals surface area contributed by atoms with Crippen molar-refractivity contribution in [3.8, 4) is 0 Å². The maximum absolute atomic E-state index is 8.91. The maximum Gasteiger partial charge on any atom is 0.0681 e. The number of hydrogen-bond donors (Lipinski definition) is 2. The lowest BCUT2D eigenvalue weighted by atomic mass is 10.1. The first kappa shape index (κ1) is 13.6. The monoisotopic (exact) mass is 239 g/mol. The van der Waals surface area contributed by atoms with Crippen LogP contribution in [-0.4, -0.2) is 23.2 Å². The average Bonchev–Trinajstić information content (AvgIpc) is 2.35. The molecule has 0 aliphatic heterocycles. The van der Waals surface area contributed by atoms with Gasteiger partial charge in [0.15, 0.2) is 0 Å². The van der Waals surface area contributed by atoms with Crippen molar-refractivity contribution in [1.82, 2.24) is 5.32 Å². The van der Waals surface area contributed by atoms with E-state index in [1.165, 1.54) is 12.0 Å². The molecule has 0 fully saturated rings. The molecule has 3 heteroatoms. The Morgan fingerprint density at radius 3 is 2.44 bits per heavy atom. The first-order valence-corrected chi connectivity index (χ1v) is 6.97. The summed E-state index contributed by atoms with van der Waals surface area (Å²) in [6, 6.07) is 8.08. The molecular formula is C13H21NOS. The van der Waals surface area contributed by atoms with E-state index in [1.807, 2.05) is 23.9 Å². The van der Waals surface area contributed by atoms with Gasteiger partial charge in [-0.2, -0.15) is 11.8 Å². The first-order chi connectivity index (χ1) is 7.76. The van der Waals surface area contributed by atoms with Crippen LogP contribution in [0.3, 0.4) is 0 Å². The van der Waals surface area contributed by atoms with E-state index in [0.717, 1.165) is 23.9 Å². The molecule has 2 nitrogen and oxygen atoms in total. The fourth-order valence-electron chi connectivity index (χ4n) is 1.42. The molecule has 0 aliphatic rings. The van der Waals surface area contributed by atoms with Crippen molar-refractivity contribution in [3.63, 3.8) is 0 Å². The SMILES string of the molecule is CSC(C)CCNCc1ccc(CO)cc1. The Morgan fingerprint density at radius 1 is 1.25 bits per heavy atom. The topological polar surface area (TPSA) is 32.3 Å². The zero-order chi connectivity index (χ0) is 11.8. The van der Waals surface area contributed by atoms with E-state index < -0.39 is 0 Å². The minimum atomic E-state index is 0.124. The van der Waals surface area contributed by atoms with Gasteiger partial charge in [-0.05, 0) is 30.3 Å². The summed E-state index contributed by atoms with van der Waals surface area (Å²) in [7, 11) is 0. The van der Waals surface area contributed by atoms with Crippen LogP contribution in [0, 0.1) is 0 Å². The normalized spacial score (nSPS) is 12.7. The summed E-state index contributed by atoms with van der Waals surface area (Å²) in [5.74, 6) is 0. The zero-order valence-electron chi connectivity index (χ0n) is 10.1. The number of benzene rings is 1. The molecule has 0 saturated carbocycles. The summed E-state index contributed by atoms with van der Waals surface area (Å²) < 4.78 is 0. The number of aliphatic hydroxyl groups excluding tert-OH is 1. The minimum Gasteiger partial charge on any atom is -0.392 e. The Balaban J connectivity index is 2.21. The van der Waals surface area contributed by atoms with Gasteiger partial charge in [-0.3, -0.25) is 0 Å². The van der Waals surface area contributed by atoms with E-state index in [-0.39, 0.29) is 6.61 Å². The largest absolute Gasteiger partial charge is 0.392 e. The van der Waals surface area contributed by atoms with E-state index in [2.05, 4.69) is 30.6 Å². The Morgan fingerprint density at radius 2 is 1.88 bits per heavy atom. The molecular weight excluding hydrogens is 218 g/mol.